The zero-order chi connectivity index (χ0) is 13.1. The van der Waals surface area contributed by atoms with Gasteiger partial charge in [0, 0.05) is 14.9 Å². The second kappa shape index (κ2) is 5.39. The van der Waals surface area contributed by atoms with Crippen LogP contribution in [0.1, 0.15) is 15.9 Å². The summed E-state index contributed by atoms with van der Waals surface area (Å²) in [5, 5.41) is 2.83. The number of amides is 1. The number of nitrogens with one attached hydrogen (secondary N) is 1. The maximum Gasteiger partial charge on any atom is 0.257 e. The van der Waals surface area contributed by atoms with E-state index in [1.807, 2.05) is 43.3 Å². The molecule has 2 rings (SSSR count). The minimum absolute atomic E-state index is 0.183. The number of para-hydroxylation sites is 1. The molecule has 1 amide bonds. The summed E-state index contributed by atoms with van der Waals surface area (Å²) in [6, 6.07) is 13.1. The van der Waals surface area contributed by atoms with Crippen molar-refractivity contribution in [2.75, 3.05) is 11.1 Å². The molecule has 92 valence electrons. The second-order valence-corrected chi connectivity index (χ2v) is 5.24. The lowest BCUT2D eigenvalue weighted by molar-refractivity contribution is 0.102. The number of aryl methyl sites for hydroxylation is 1. The smallest absolute Gasteiger partial charge is 0.257 e. The molecule has 0 bridgehead atoms. The molecule has 0 atom stereocenters. The number of rotatable bonds is 2. The van der Waals surface area contributed by atoms with Crippen molar-refractivity contribution in [1.82, 2.24) is 0 Å². The monoisotopic (exact) mass is 352 g/mol. The van der Waals surface area contributed by atoms with Crippen molar-refractivity contribution in [1.29, 1.82) is 0 Å². The van der Waals surface area contributed by atoms with Crippen LogP contribution in [0.5, 0.6) is 0 Å². The Kier molecular flexibility index (Phi) is 3.86. The lowest BCUT2D eigenvalue weighted by Gasteiger charge is -2.09. The van der Waals surface area contributed by atoms with Crippen molar-refractivity contribution >= 4 is 39.9 Å². The number of nitrogen functional groups attached to an aromatic ring is 1. The molecule has 0 saturated heterocycles. The van der Waals surface area contributed by atoms with Crippen LogP contribution < -0.4 is 11.1 Å². The van der Waals surface area contributed by atoms with E-state index in [-0.39, 0.29) is 5.91 Å². The molecule has 0 fully saturated rings. The Labute approximate surface area is 120 Å². The minimum Gasteiger partial charge on any atom is -0.398 e. The summed E-state index contributed by atoms with van der Waals surface area (Å²) in [4.78, 5) is 12.1. The van der Waals surface area contributed by atoms with Crippen LogP contribution in [0.25, 0.3) is 0 Å². The van der Waals surface area contributed by atoms with Crippen LogP contribution >= 0.6 is 22.6 Å². The normalized spacial score (nSPS) is 10.1. The first-order chi connectivity index (χ1) is 8.58. The van der Waals surface area contributed by atoms with Crippen molar-refractivity contribution in [3.05, 3.63) is 57.2 Å². The van der Waals surface area contributed by atoms with Crippen LogP contribution in [0.2, 0.25) is 0 Å². The Bertz CT molecular complexity index is 579. The third kappa shape index (κ3) is 2.81. The van der Waals surface area contributed by atoms with Gasteiger partial charge in [0.2, 0.25) is 0 Å². The molecule has 0 radical (unpaired) electrons. The molecule has 0 spiro atoms. The highest BCUT2D eigenvalue weighted by atomic mass is 127. The molecule has 2 aromatic rings. The quantitative estimate of drug-likeness (QED) is 0.643. The van der Waals surface area contributed by atoms with Gasteiger partial charge in [-0.05, 0) is 65.4 Å². The number of hydrogen-bond acceptors (Lipinski definition) is 2. The maximum atomic E-state index is 12.1. The minimum atomic E-state index is -0.183. The summed E-state index contributed by atoms with van der Waals surface area (Å²) >= 11 is 2.22. The van der Waals surface area contributed by atoms with Crippen LogP contribution in [0, 0.1) is 10.5 Å². The Balaban J connectivity index is 2.22. The SMILES string of the molecule is Cc1cccc(C(=O)Nc2ccc(I)cc2)c1N. The number of carbonyl (C=O) groups is 1. The van der Waals surface area contributed by atoms with Gasteiger partial charge in [0.15, 0.2) is 0 Å². The molecule has 18 heavy (non-hydrogen) atoms. The maximum absolute atomic E-state index is 12.1. The van der Waals surface area contributed by atoms with E-state index in [1.54, 1.807) is 6.07 Å². The Hall–Kier alpha value is -1.56. The molecular formula is C14H13IN2O. The highest BCUT2D eigenvalue weighted by molar-refractivity contribution is 14.1. The van der Waals surface area contributed by atoms with E-state index in [0.717, 1.165) is 14.8 Å². The van der Waals surface area contributed by atoms with Crippen molar-refractivity contribution in [3.8, 4) is 0 Å². The zero-order valence-corrected chi connectivity index (χ0v) is 12.1. The van der Waals surface area contributed by atoms with E-state index in [1.165, 1.54) is 0 Å². The molecular weight excluding hydrogens is 339 g/mol. The molecule has 2 aromatic carbocycles. The molecule has 0 aromatic heterocycles. The third-order valence-electron chi connectivity index (χ3n) is 2.67. The van der Waals surface area contributed by atoms with Gasteiger partial charge in [-0.25, -0.2) is 0 Å². The number of carbonyl (C=O) groups excluding carboxylic acids is 1. The number of anilines is 2. The highest BCUT2D eigenvalue weighted by Crippen LogP contribution is 2.18. The first-order valence-corrected chi connectivity index (χ1v) is 6.58. The van der Waals surface area contributed by atoms with E-state index >= 15 is 0 Å². The fraction of sp³-hybridized carbons (Fsp3) is 0.0714. The highest BCUT2D eigenvalue weighted by Gasteiger charge is 2.10. The van der Waals surface area contributed by atoms with E-state index in [0.29, 0.717) is 11.3 Å². The number of nitrogens with two attached hydrogens (primary N) is 1. The predicted octanol–water partition coefficient (Wildman–Crippen LogP) is 3.43. The van der Waals surface area contributed by atoms with Gasteiger partial charge in [0.05, 0.1) is 5.56 Å². The first kappa shape index (κ1) is 12.9. The summed E-state index contributed by atoms with van der Waals surface area (Å²) in [5.74, 6) is -0.183. The summed E-state index contributed by atoms with van der Waals surface area (Å²) in [6.07, 6.45) is 0. The van der Waals surface area contributed by atoms with Crippen LogP contribution in [0.3, 0.4) is 0 Å². The molecule has 0 unspecified atom stereocenters. The van der Waals surface area contributed by atoms with E-state index in [9.17, 15) is 4.79 Å². The largest absolute Gasteiger partial charge is 0.398 e. The third-order valence-corrected chi connectivity index (χ3v) is 3.39. The first-order valence-electron chi connectivity index (χ1n) is 5.50. The number of halogens is 1. The summed E-state index contributed by atoms with van der Waals surface area (Å²) in [7, 11) is 0. The lowest BCUT2D eigenvalue weighted by atomic mass is 10.1. The fourth-order valence-electron chi connectivity index (χ4n) is 1.61. The standard InChI is InChI=1S/C14H13IN2O/c1-9-3-2-4-12(13(9)16)14(18)17-11-7-5-10(15)6-8-11/h2-8H,16H2,1H3,(H,17,18). The van der Waals surface area contributed by atoms with Gasteiger partial charge in [0.25, 0.3) is 5.91 Å². The van der Waals surface area contributed by atoms with Gasteiger partial charge >= 0.3 is 0 Å². The van der Waals surface area contributed by atoms with E-state index in [4.69, 9.17) is 5.73 Å². The summed E-state index contributed by atoms with van der Waals surface area (Å²) < 4.78 is 1.13. The van der Waals surface area contributed by atoms with Crippen molar-refractivity contribution in [3.63, 3.8) is 0 Å². The van der Waals surface area contributed by atoms with Crippen LogP contribution in [-0.2, 0) is 0 Å². The zero-order valence-electron chi connectivity index (χ0n) is 9.91. The molecule has 0 aliphatic heterocycles. The van der Waals surface area contributed by atoms with Gasteiger partial charge < -0.3 is 11.1 Å². The Morgan fingerprint density at radius 3 is 2.50 bits per heavy atom. The van der Waals surface area contributed by atoms with Crippen LogP contribution in [0.4, 0.5) is 11.4 Å². The molecule has 0 aliphatic carbocycles. The average molecular weight is 352 g/mol. The topological polar surface area (TPSA) is 55.1 Å². The molecule has 4 heteroatoms. The van der Waals surface area contributed by atoms with Crippen LogP contribution in [0.15, 0.2) is 42.5 Å². The van der Waals surface area contributed by atoms with Crippen LogP contribution in [-0.4, -0.2) is 5.91 Å². The van der Waals surface area contributed by atoms with Gasteiger partial charge in [0.1, 0.15) is 0 Å². The number of benzene rings is 2. The van der Waals surface area contributed by atoms with Gasteiger partial charge in [-0.1, -0.05) is 12.1 Å². The summed E-state index contributed by atoms with van der Waals surface area (Å²) in [5.41, 5.74) is 8.61. The Morgan fingerprint density at radius 2 is 1.83 bits per heavy atom. The van der Waals surface area contributed by atoms with Crippen molar-refractivity contribution in [2.24, 2.45) is 0 Å². The molecule has 0 heterocycles. The Morgan fingerprint density at radius 1 is 1.17 bits per heavy atom. The molecule has 0 saturated carbocycles. The molecule has 3 nitrogen and oxygen atoms in total. The predicted molar refractivity (Wildman–Crippen MR) is 82.7 cm³/mol. The lowest BCUT2D eigenvalue weighted by Crippen LogP contribution is -2.14. The number of hydrogen-bond donors (Lipinski definition) is 2. The van der Waals surface area contributed by atoms with Gasteiger partial charge in [-0.15, -0.1) is 0 Å². The van der Waals surface area contributed by atoms with Crippen molar-refractivity contribution in [2.45, 2.75) is 6.92 Å². The van der Waals surface area contributed by atoms with Crippen molar-refractivity contribution < 1.29 is 4.79 Å². The molecule has 3 N–H and O–H groups in total. The van der Waals surface area contributed by atoms with E-state index < -0.39 is 0 Å². The summed E-state index contributed by atoms with van der Waals surface area (Å²) in [6.45, 7) is 1.89. The molecule has 0 aliphatic rings. The van der Waals surface area contributed by atoms with E-state index in [2.05, 4.69) is 27.9 Å². The fourth-order valence-corrected chi connectivity index (χ4v) is 1.97. The van der Waals surface area contributed by atoms with Gasteiger partial charge in [-0.2, -0.15) is 0 Å². The second-order valence-electron chi connectivity index (χ2n) is 4.00. The average Bonchev–Trinajstić information content (AvgIpc) is 2.35. The van der Waals surface area contributed by atoms with Gasteiger partial charge in [-0.3, -0.25) is 4.79 Å².